The van der Waals surface area contributed by atoms with E-state index in [0.29, 0.717) is 5.71 Å². The highest BCUT2D eigenvalue weighted by molar-refractivity contribution is 6.18. The Balaban J connectivity index is 1.96. The number of hydrogen-bond acceptors (Lipinski definition) is 4. The van der Waals surface area contributed by atoms with Gasteiger partial charge in [-0.1, -0.05) is 17.3 Å². The second kappa shape index (κ2) is 5.93. The maximum atomic E-state index is 9.37. The van der Waals surface area contributed by atoms with Crippen LogP contribution in [0.2, 0.25) is 0 Å². The van der Waals surface area contributed by atoms with Gasteiger partial charge < -0.3 is 14.7 Å². The first kappa shape index (κ1) is 14.2. The van der Waals surface area contributed by atoms with Crippen molar-refractivity contribution in [1.29, 1.82) is 0 Å². The summed E-state index contributed by atoms with van der Waals surface area (Å²) in [5.41, 5.74) is 4.69. The number of fused-ring (bicyclic) bond motifs is 1. The van der Waals surface area contributed by atoms with Crippen molar-refractivity contribution in [3.8, 4) is 11.5 Å². The summed E-state index contributed by atoms with van der Waals surface area (Å²) >= 11 is 0. The minimum absolute atomic E-state index is 0.619. The van der Waals surface area contributed by atoms with Crippen molar-refractivity contribution in [3.63, 3.8) is 0 Å². The zero-order valence-electron chi connectivity index (χ0n) is 12.5. The van der Waals surface area contributed by atoms with Crippen molar-refractivity contribution < 1.29 is 14.7 Å². The maximum absolute atomic E-state index is 9.37. The molecule has 4 heteroatoms. The molecule has 0 saturated heterocycles. The smallest absolute Gasteiger partial charge is 0.119 e. The molecule has 112 valence electrons. The van der Waals surface area contributed by atoms with Crippen LogP contribution in [0.3, 0.4) is 0 Å². The van der Waals surface area contributed by atoms with Crippen LogP contribution >= 0.6 is 0 Å². The van der Waals surface area contributed by atoms with E-state index in [-0.39, 0.29) is 0 Å². The fourth-order valence-electron chi connectivity index (χ4n) is 2.68. The Morgan fingerprint density at radius 3 is 2.32 bits per heavy atom. The van der Waals surface area contributed by atoms with Gasteiger partial charge in [-0.05, 0) is 53.1 Å². The van der Waals surface area contributed by atoms with Crippen LogP contribution in [0.25, 0.3) is 6.08 Å². The van der Waals surface area contributed by atoms with Crippen LogP contribution in [-0.4, -0.2) is 25.1 Å². The van der Waals surface area contributed by atoms with E-state index in [2.05, 4.69) is 5.16 Å². The van der Waals surface area contributed by atoms with E-state index in [9.17, 15) is 5.21 Å². The van der Waals surface area contributed by atoms with E-state index >= 15 is 0 Å². The first-order chi connectivity index (χ1) is 10.7. The monoisotopic (exact) mass is 295 g/mol. The van der Waals surface area contributed by atoms with Gasteiger partial charge in [0.1, 0.15) is 17.2 Å². The number of hydrogen-bond donors (Lipinski definition) is 1. The van der Waals surface area contributed by atoms with Gasteiger partial charge in [-0.15, -0.1) is 0 Å². The van der Waals surface area contributed by atoms with Gasteiger partial charge in [0.05, 0.1) is 14.2 Å². The zero-order chi connectivity index (χ0) is 15.5. The second-order valence-electron chi connectivity index (χ2n) is 5.09. The summed E-state index contributed by atoms with van der Waals surface area (Å²) in [5, 5.41) is 12.8. The average molecular weight is 295 g/mol. The standard InChI is InChI=1S/C18H17NO3/c1-21-15-5-3-12(4-6-15)9-14-10-13-11-16(22-2)7-8-17(13)18(14)19-20/h3-9,11,20H,10H2,1-2H3/b14-9+,19-18+. The molecular formula is C18H17NO3. The molecule has 2 aromatic carbocycles. The highest BCUT2D eigenvalue weighted by Gasteiger charge is 2.23. The highest BCUT2D eigenvalue weighted by atomic mass is 16.5. The van der Waals surface area contributed by atoms with E-state index in [1.54, 1.807) is 14.2 Å². The maximum Gasteiger partial charge on any atom is 0.119 e. The molecule has 0 spiro atoms. The number of allylic oxidation sites excluding steroid dienone is 1. The van der Waals surface area contributed by atoms with Crippen molar-refractivity contribution in [2.75, 3.05) is 14.2 Å². The van der Waals surface area contributed by atoms with E-state index in [1.165, 1.54) is 0 Å². The van der Waals surface area contributed by atoms with Crippen LogP contribution in [0.5, 0.6) is 11.5 Å². The molecule has 0 heterocycles. The molecular weight excluding hydrogens is 278 g/mol. The molecule has 0 saturated carbocycles. The van der Waals surface area contributed by atoms with E-state index in [0.717, 1.165) is 40.2 Å². The molecule has 4 nitrogen and oxygen atoms in total. The quantitative estimate of drug-likeness (QED) is 0.696. The largest absolute Gasteiger partial charge is 0.497 e. The fourth-order valence-corrected chi connectivity index (χ4v) is 2.68. The number of oxime groups is 1. The summed E-state index contributed by atoms with van der Waals surface area (Å²) < 4.78 is 10.4. The lowest BCUT2D eigenvalue weighted by molar-refractivity contribution is 0.319. The SMILES string of the molecule is COc1ccc(/C=C2\Cc3cc(OC)ccc3\C2=N\O)cc1. The van der Waals surface area contributed by atoms with Crippen molar-refractivity contribution in [3.05, 3.63) is 64.7 Å². The van der Waals surface area contributed by atoms with Crippen LogP contribution in [0.15, 0.2) is 53.2 Å². The molecule has 0 radical (unpaired) electrons. The van der Waals surface area contributed by atoms with Gasteiger partial charge in [-0.3, -0.25) is 0 Å². The van der Waals surface area contributed by atoms with E-state index < -0.39 is 0 Å². The Kier molecular flexibility index (Phi) is 3.83. The number of nitrogens with zero attached hydrogens (tertiary/aromatic N) is 1. The lowest BCUT2D eigenvalue weighted by atomic mass is 10.1. The van der Waals surface area contributed by atoms with Gasteiger partial charge in [-0.2, -0.15) is 0 Å². The van der Waals surface area contributed by atoms with Crippen molar-refractivity contribution in [2.45, 2.75) is 6.42 Å². The third kappa shape index (κ3) is 2.55. The fraction of sp³-hybridized carbons (Fsp3) is 0.167. The first-order valence-corrected chi connectivity index (χ1v) is 6.99. The molecule has 0 aromatic heterocycles. The van der Waals surface area contributed by atoms with Crippen molar-refractivity contribution >= 4 is 11.8 Å². The minimum Gasteiger partial charge on any atom is -0.497 e. The molecule has 0 bridgehead atoms. The Morgan fingerprint density at radius 2 is 1.68 bits per heavy atom. The summed E-state index contributed by atoms with van der Waals surface area (Å²) in [7, 11) is 3.29. The molecule has 0 aliphatic heterocycles. The molecule has 1 aliphatic rings. The Labute approximate surface area is 129 Å². The van der Waals surface area contributed by atoms with Gasteiger partial charge in [0.25, 0.3) is 0 Å². The predicted octanol–water partition coefficient (Wildman–Crippen LogP) is 3.52. The molecule has 3 rings (SSSR count). The van der Waals surface area contributed by atoms with Crippen LogP contribution in [0.4, 0.5) is 0 Å². The molecule has 2 aromatic rings. The molecule has 22 heavy (non-hydrogen) atoms. The van der Waals surface area contributed by atoms with Crippen LogP contribution in [-0.2, 0) is 6.42 Å². The third-order valence-electron chi connectivity index (χ3n) is 3.81. The van der Waals surface area contributed by atoms with Gasteiger partial charge >= 0.3 is 0 Å². The van der Waals surface area contributed by atoms with E-state index in [1.807, 2.05) is 48.5 Å². The van der Waals surface area contributed by atoms with Crippen LogP contribution in [0.1, 0.15) is 16.7 Å². The minimum atomic E-state index is 0.619. The summed E-state index contributed by atoms with van der Waals surface area (Å²) in [4.78, 5) is 0. The van der Waals surface area contributed by atoms with Gasteiger partial charge in [0, 0.05) is 12.0 Å². The molecule has 0 amide bonds. The topological polar surface area (TPSA) is 51.0 Å². The average Bonchev–Trinajstić information content (AvgIpc) is 2.91. The third-order valence-corrected chi connectivity index (χ3v) is 3.81. The zero-order valence-corrected chi connectivity index (χ0v) is 12.5. The van der Waals surface area contributed by atoms with Gasteiger partial charge in [0.15, 0.2) is 0 Å². The number of methoxy groups -OCH3 is 2. The Morgan fingerprint density at radius 1 is 1.00 bits per heavy atom. The Hall–Kier alpha value is -2.75. The first-order valence-electron chi connectivity index (χ1n) is 6.99. The second-order valence-corrected chi connectivity index (χ2v) is 5.09. The number of rotatable bonds is 3. The van der Waals surface area contributed by atoms with Crippen LogP contribution in [0, 0.1) is 0 Å². The molecule has 0 unspecified atom stereocenters. The molecule has 1 N–H and O–H groups in total. The highest BCUT2D eigenvalue weighted by Crippen LogP contribution is 2.31. The number of benzene rings is 2. The summed E-state index contributed by atoms with van der Waals surface area (Å²) in [6, 6.07) is 13.6. The van der Waals surface area contributed by atoms with Gasteiger partial charge in [-0.25, -0.2) is 0 Å². The van der Waals surface area contributed by atoms with Crippen molar-refractivity contribution in [2.24, 2.45) is 5.16 Å². The summed E-state index contributed by atoms with van der Waals surface area (Å²) in [6.07, 6.45) is 2.75. The van der Waals surface area contributed by atoms with Crippen LogP contribution < -0.4 is 9.47 Å². The van der Waals surface area contributed by atoms with Crippen molar-refractivity contribution in [1.82, 2.24) is 0 Å². The summed E-state index contributed by atoms with van der Waals surface area (Å²) in [5.74, 6) is 1.62. The predicted molar refractivity (Wildman–Crippen MR) is 86.0 cm³/mol. The summed E-state index contributed by atoms with van der Waals surface area (Å²) in [6.45, 7) is 0. The molecule has 1 aliphatic carbocycles. The van der Waals surface area contributed by atoms with Gasteiger partial charge in [0.2, 0.25) is 0 Å². The lowest BCUT2D eigenvalue weighted by Gasteiger charge is -2.02. The molecule has 0 atom stereocenters. The molecule has 0 fully saturated rings. The lowest BCUT2D eigenvalue weighted by Crippen LogP contribution is -1.98. The Bertz CT molecular complexity index is 745. The normalized spacial score (nSPS) is 16.8. The number of ether oxygens (including phenoxy) is 2. The van der Waals surface area contributed by atoms with E-state index in [4.69, 9.17) is 9.47 Å².